The number of nitrogens with one attached hydrogen (secondary N) is 1. The summed E-state index contributed by atoms with van der Waals surface area (Å²) in [6.45, 7) is 7.05. The number of ether oxygens (including phenoxy) is 2. The largest absolute Gasteiger partial charge is 0.444 e. The van der Waals surface area contributed by atoms with E-state index in [4.69, 9.17) is 15.2 Å². The van der Waals surface area contributed by atoms with Crippen molar-refractivity contribution in [2.24, 2.45) is 5.73 Å². The van der Waals surface area contributed by atoms with Crippen molar-refractivity contribution in [2.75, 3.05) is 13.1 Å². The number of benzene rings is 4. The second-order valence-corrected chi connectivity index (χ2v) is 14.8. The Kier molecular flexibility index (Phi) is 11.4. The van der Waals surface area contributed by atoms with Gasteiger partial charge in [-0.2, -0.15) is 0 Å². The van der Waals surface area contributed by atoms with Gasteiger partial charge < -0.3 is 25.4 Å². The predicted molar refractivity (Wildman–Crippen MR) is 199 cm³/mol. The second-order valence-electron chi connectivity index (χ2n) is 14.8. The predicted octanol–water partition coefficient (Wildman–Crippen LogP) is 6.15. The Balaban J connectivity index is 1.22. The average molecular weight is 691 g/mol. The lowest BCUT2D eigenvalue weighted by molar-refractivity contribution is -0.139. The van der Waals surface area contributed by atoms with Gasteiger partial charge in [0.25, 0.3) is 0 Å². The summed E-state index contributed by atoms with van der Waals surface area (Å²) >= 11 is 0. The lowest BCUT2D eigenvalue weighted by atomic mass is 9.93. The van der Waals surface area contributed by atoms with Crippen LogP contribution >= 0.6 is 0 Å². The van der Waals surface area contributed by atoms with Gasteiger partial charge in [-0.25, -0.2) is 4.79 Å². The van der Waals surface area contributed by atoms with Crippen LogP contribution in [0.25, 0.3) is 10.8 Å². The molecule has 2 heterocycles. The van der Waals surface area contributed by atoms with E-state index >= 15 is 0 Å². The number of carbonyl (C=O) groups excluding carboxylic acids is 3. The van der Waals surface area contributed by atoms with Gasteiger partial charge in [-0.05, 0) is 85.7 Å². The van der Waals surface area contributed by atoms with Gasteiger partial charge in [0, 0.05) is 25.4 Å². The van der Waals surface area contributed by atoms with Crippen LogP contribution in [0.15, 0.2) is 97.1 Å². The fourth-order valence-electron chi connectivity index (χ4n) is 7.22. The van der Waals surface area contributed by atoms with E-state index in [-0.39, 0.29) is 30.5 Å². The number of hydrogen-bond donors (Lipinski definition) is 2. The number of rotatable bonds is 11. The molecule has 6 rings (SSSR count). The van der Waals surface area contributed by atoms with Gasteiger partial charge in [0.2, 0.25) is 11.8 Å². The summed E-state index contributed by atoms with van der Waals surface area (Å²) in [5, 5.41) is 5.45. The van der Waals surface area contributed by atoms with Crippen molar-refractivity contribution in [1.29, 1.82) is 0 Å². The van der Waals surface area contributed by atoms with Crippen LogP contribution in [0.3, 0.4) is 0 Å². The van der Waals surface area contributed by atoms with Crippen LogP contribution in [0.1, 0.15) is 62.3 Å². The van der Waals surface area contributed by atoms with Crippen molar-refractivity contribution in [2.45, 2.75) is 95.9 Å². The number of hydrogen-bond acceptors (Lipinski definition) is 6. The SMILES string of the molecule is CC(C)(C)OC(=O)N1Cc2ccccc2C[C@H]1C(=O)N[C@H](Cc1ccccc1)C(=O)N1C[C@H](OCc2ccc3ccccc3c2)C[C@@H]1CCCN. The zero-order valence-electron chi connectivity index (χ0n) is 29.9. The summed E-state index contributed by atoms with van der Waals surface area (Å²) in [6, 6.07) is 30.3. The normalized spacial score (nSPS) is 19.4. The van der Waals surface area contributed by atoms with E-state index in [1.165, 1.54) is 10.3 Å². The second kappa shape index (κ2) is 16.1. The lowest BCUT2D eigenvalue weighted by Gasteiger charge is -2.38. The standard InChI is InChI=1S/C42H50N4O5/c1-42(2,3)51-41(49)46-26-34-17-10-9-16-33(34)24-38(46)39(47)44-37(23-29-12-5-4-6-13-29)40(48)45-27-36(25-35(45)18-11-21-43)50-28-30-19-20-31-14-7-8-15-32(31)22-30/h4-10,12-17,19-20,22,35-38H,11,18,21,23-28,43H2,1-3H3,(H,44,47)/t35-,36+,37+,38-/m0/s1. The first-order valence-electron chi connectivity index (χ1n) is 18.1. The molecule has 0 saturated carbocycles. The van der Waals surface area contributed by atoms with E-state index in [1.54, 1.807) is 0 Å². The Morgan fingerprint density at radius 2 is 1.57 bits per heavy atom. The highest BCUT2D eigenvalue weighted by Crippen LogP contribution is 2.29. The van der Waals surface area contributed by atoms with Crippen LogP contribution in [0.2, 0.25) is 0 Å². The minimum atomic E-state index is -0.850. The summed E-state index contributed by atoms with van der Waals surface area (Å²) in [4.78, 5) is 45.8. The molecule has 0 unspecified atom stereocenters. The Morgan fingerprint density at radius 1 is 0.863 bits per heavy atom. The Bertz CT molecular complexity index is 1820. The molecule has 0 aliphatic carbocycles. The van der Waals surface area contributed by atoms with E-state index in [1.807, 2.05) is 92.4 Å². The first-order valence-corrected chi connectivity index (χ1v) is 18.1. The molecule has 0 radical (unpaired) electrons. The third-order valence-electron chi connectivity index (χ3n) is 9.78. The first-order chi connectivity index (χ1) is 24.6. The molecule has 0 aromatic heterocycles. The highest BCUT2D eigenvalue weighted by molar-refractivity contribution is 5.92. The molecule has 9 nitrogen and oxygen atoms in total. The van der Waals surface area contributed by atoms with Crippen molar-refractivity contribution in [3.8, 4) is 0 Å². The summed E-state index contributed by atoms with van der Waals surface area (Å²) in [5.41, 5.74) is 9.17. The third-order valence-corrected chi connectivity index (χ3v) is 9.78. The van der Waals surface area contributed by atoms with Gasteiger partial charge in [-0.1, -0.05) is 91.0 Å². The fraction of sp³-hybridized carbons (Fsp3) is 0.405. The maximum Gasteiger partial charge on any atom is 0.411 e. The molecular formula is C42H50N4O5. The average Bonchev–Trinajstić information content (AvgIpc) is 3.54. The van der Waals surface area contributed by atoms with Crippen molar-refractivity contribution >= 4 is 28.7 Å². The van der Waals surface area contributed by atoms with Crippen LogP contribution in [0, 0.1) is 0 Å². The van der Waals surface area contributed by atoms with Crippen molar-refractivity contribution in [3.63, 3.8) is 0 Å². The van der Waals surface area contributed by atoms with Gasteiger partial charge in [-0.3, -0.25) is 14.5 Å². The molecule has 3 N–H and O–H groups in total. The van der Waals surface area contributed by atoms with Crippen LogP contribution < -0.4 is 11.1 Å². The third kappa shape index (κ3) is 9.15. The van der Waals surface area contributed by atoms with Crippen LogP contribution in [0.5, 0.6) is 0 Å². The number of carbonyl (C=O) groups is 3. The Labute approximate surface area is 301 Å². The molecule has 3 amide bonds. The molecule has 4 aromatic carbocycles. The molecule has 2 aliphatic heterocycles. The van der Waals surface area contributed by atoms with Crippen LogP contribution in [-0.4, -0.2) is 70.6 Å². The summed E-state index contributed by atoms with van der Waals surface area (Å²) < 4.78 is 12.2. The minimum Gasteiger partial charge on any atom is -0.444 e. The fourth-order valence-corrected chi connectivity index (χ4v) is 7.22. The van der Waals surface area contributed by atoms with Gasteiger partial charge in [-0.15, -0.1) is 0 Å². The van der Waals surface area contributed by atoms with Gasteiger partial charge in [0.15, 0.2) is 0 Å². The zero-order valence-corrected chi connectivity index (χ0v) is 29.9. The molecule has 4 aromatic rings. The zero-order chi connectivity index (χ0) is 36.0. The topological polar surface area (TPSA) is 114 Å². The van der Waals surface area contributed by atoms with Gasteiger partial charge in [0.1, 0.15) is 17.7 Å². The molecule has 0 bridgehead atoms. The molecule has 1 saturated heterocycles. The maximum absolute atomic E-state index is 14.6. The van der Waals surface area contributed by atoms with Crippen molar-refractivity contribution in [3.05, 3.63) is 119 Å². The monoisotopic (exact) mass is 690 g/mol. The minimum absolute atomic E-state index is 0.0716. The first kappa shape index (κ1) is 36.1. The van der Waals surface area contributed by atoms with E-state index in [0.29, 0.717) is 39.0 Å². The molecular weight excluding hydrogens is 640 g/mol. The molecule has 1 fully saturated rings. The molecule has 0 spiro atoms. The van der Waals surface area contributed by atoms with Gasteiger partial charge >= 0.3 is 6.09 Å². The summed E-state index contributed by atoms with van der Waals surface area (Å²) in [7, 11) is 0. The molecule has 268 valence electrons. The number of fused-ring (bicyclic) bond motifs is 2. The highest BCUT2D eigenvalue weighted by atomic mass is 16.6. The number of likely N-dealkylation sites (tertiary alicyclic amines) is 1. The van der Waals surface area contributed by atoms with Crippen molar-refractivity contribution in [1.82, 2.24) is 15.1 Å². The van der Waals surface area contributed by atoms with E-state index in [0.717, 1.165) is 40.5 Å². The number of nitrogens with zero attached hydrogens (tertiary/aromatic N) is 2. The summed E-state index contributed by atoms with van der Waals surface area (Å²) in [5.74, 6) is -0.544. The Morgan fingerprint density at radius 3 is 2.31 bits per heavy atom. The van der Waals surface area contributed by atoms with Crippen LogP contribution in [-0.2, 0) is 45.1 Å². The van der Waals surface area contributed by atoms with Crippen LogP contribution in [0.4, 0.5) is 4.79 Å². The van der Waals surface area contributed by atoms with E-state index < -0.39 is 23.8 Å². The van der Waals surface area contributed by atoms with E-state index in [2.05, 4.69) is 35.6 Å². The maximum atomic E-state index is 14.6. The van der Waals surface area contributed by atoms with Gasteiger partial charge in [0.05, 0.1) is 19.3 Å². The number of amides is 3. The summed E-state index contributed by atoms with van der Waals surface area (Å²) in [6.07, 6.45) is 2.12. The quantitative estimate of drug-likeness (QED) is 0.195. The number of nitrogens with two attached hydrogens (primary N) is 1. The van der Waals surface area contributed by atoms with Crippen molar-refractivity contribution < 1.29 is 23.9 Å². The highest BCUT2D eigenvalue weighted by Gasteiger charge is 2.41. The Hall–Kier alpha value is -4.73. The smallest absolute Gasteiger partial charge is 0.411 e. The molecule has 4 atom stereocenters. The lowest BCUT2D eigenvalue weighted by Crippen LogP contribution is -2.58. The molecule has 9 heteroatoms. The van der Waals surface area contributed by atoms with E-state index in [9.17, 15) is 14.4 Å². The molecule has 2 aliphatic rings. The molecule has 51 heavy (non-hydrogen) atoms.